The first-order valence-corrected chi connectivity index (χ1v) is 8.17. The van der Waals surface area contributed by atoms with Gasteiger partial charge >= 0.3 is 12.1 Å². The SMILES string of the molecule is O=C(O)C(CC(F)(F)F)NC(=O)C12CCC(=O)N1c1ccccc1S2. The Kier molecular flexibility index (Phi) is 4.18. The van der Waals surface area contributed by atoms with Gasteiger partial charge in [-0.15, -0.1) is 0 Å². The van der Waals surface area contributed by atoms with E-state index in [9.17, 15) is 27.6 Å². The van der Waals surface area contributed by atoms with Crippen LogP contribution in [0.3, 0.4) is 0 Å². The normalized spacial score (nSPS) is 23.2. The van der Waals surface area contributed by atoms with Crippen LogP contribution in [0.5, 0.6) is 0 Å². The van der Waals surface area contributed by atoms with Crippen LogP contribution in [0.15, 0.2) is 29.2 Å². The quantitative estimate of drug-likeness (QED) is 0.843. The summed E-state index contributed by atoms with van der Waals surface area (Å²) < 4.78 is 37.7. The summed E-state index contributed by atoms with van der Waals surface area (Å²) in [7, 11) is 0. The molecule has 10 heteroatoms. The maximum Gasteiger partial charge on any atom is 0.391 e. The third-order valence-electron chi connectivity index (χ3n) is 4.07. The molecule has 3 rings (SSSR count). The van der Waals surface area contributed by atoms with E-state index in [4.69, 9.17) is 5.11 Å². The number of thioether (sulfide) groups is 1. The number of para-hydroxylation sites is 1. The van der Waals surface area contributed by atoms with Crippen molar-refractivity contribution < 1.29 is 32.7 Å². The molecule has 134 valence electrons. The minimum absolute atomic E-state index is 0.0613. The third-order valence-corrected chi connectivity index (χ3v) is 5.54. The molecule has 2 unspecified atom stereocenters. The van der Waals surface area contributed by atoms with E-state index >= 15 is 0 Å². The number of carbonyl (C=O) groups excluding carboxylic acids is 2. The third kappa shape index (κ3) is 3.06. The summed E-state index contributed by atoms with van der Waals surface area (Å²) >= 11 is 1.06. The van der Waals surface area contributed by atoms with Crippen LogP contribution in [-0.4, -0.2) is 40.0 Å². The molecule has 0 spiro atoms. The van der Waals surface area contributed by atoms with Gasteiger partial charge in [0.25, 0.3) is 5.91 Å². The molecule has 2 aliphatic heterocycles. The number of hydrogen-bond donors (Lipinski definition) is 2. The van der Waals surface area contributed by atoms with Crippen molar-refractivity contribution in [2.75, 3.05) is 4.90 Å². The number of carboxylic acids is 1. The number of aliphatic carboxylic acids is 1. The molecule has 1 fully saturated rings. The number of carbonyl (C=O) groups is 3. The van der Waals surface area contributed by atoms with Crippen molar-refractivity contribution in [2.24, 2.45) is 0 Å². The number of nitrogens with one attached hydrogen (secondary N) is 1. The predicted octanol–water partition coefficient (Wildman–Crippen LogP) is 2.14. The van der Waals surface area contributed by atoms with Crippen molar-refractivity contribution in [3.8, 4) is 0 Å². The number of fused-ring (bicyclic) bond motifs is 3. The second-order valence-corrected chi connectivity index (χ2v) is 7.09. The van der Waals surface area contributed by atoms with E-state index < -0.39 is 35.4 Å². The van der Waals surface area contributed by atoms with E-state index in [1.54, 1.807) is 24.3 Å². The average Bonchev–Trinajstić information content (AvgIpc) is 3.01. The first-order valence-electron chi connectivity index (χ1n) is 7.36. The molecule has 1 aromatic rings. The second kappa shape index (κ2) is 5.94. The molecule has 2 amide bonds. The Bertz CT molecular complexity index is 755. The summed E-state index contributed by atoms with van der Waals surface area (Å²) in [6, 6.07) is 4.63. The lowest BCUT2D eigenvalue weighted by Crippen LogP contribution is -2.56. The fourth-order valence-electron chi connectivity index (χ4n) is 3.00. The van der Waals surface area contributed by atoms with Gasteiger partial charge in [0, 0.05) is 11.3 Å². The van der Waals surface area contributed by atoms with Crippen LogP contribution >= 0.6 is 11.8 Å². The van der Waals surface area contributed by atoms with Gasteiger partial charge in [-0.05, 0) is 18.6 Å². The summed E-state index contributed by atoms with van der Waals surface area (Å²) in [4.78, 5) is 36.5. The summed E-state index contributed by atoms with van der Waals surface area (Å²) in [5, 5.41) is 10.9. The number of alkyl halides is 3. The molecule has 2 heterocycles. The fourth-order valence-corrected chi connectivity index (χ4v) is 4.42. The second-order valence-electron chi connectivity index (χ2n) is 5.77. The van der Waals surface area contributed by atoms with Crippen LogP contribution in [0.4, 0.5) is 18.9 Å². The molecule has 0 saturated carbocycles. The van der Waals surface area contributed by atoms with Crippen LogP contribution in [-0.2, 0) is 14.4 Å². The van der Waals surface area contributed by atoms with Crippen LogP contribution in [0, 0.1) is 0 Å². The smallest absolute Gasteiger partial charge is 0.391 e. The Morgan fingerprint density at radius 2 is 2.04 bits per heavy atom. The number of benzene rings is 1. The maximum atomic E-state index is 12.7. The minimum atomic E-state index is -4.75. The molecule has 0 bridgehead atoms. The number of amides is 2. The summed E-state index contributed by atoms with van der Waals surface area (Å²) in [6.07, 6.45) is -6.28. The average molecular weight is 374 g/mol. The van der Waals surface area contributed by atoms with Crippen molar-refractivity contribution in [1.29, 1.82) is 0 Å². The number of hydrogen-bond acceptors (Lipinski definition) is 4. The molecule has 2 aliphatic rings. The van der Waals surface area contributed by atoms with Gasteiger partial charge in [-0.3, -0.25) is 14.5 Å². The van der Waals surface area contributed by atoms with Gasteiger partial charge in [0.1, 0.15) is 6.04 Å². The lowest BCUT2D eigenvalue weighted by atomic mass is 10.1. The number of carboxylic acid groups (broad SMARTS) is 1. The Labute approximate surface area is 144 Å². The zero-order valence-electron chi connectivity index (χ0n) is 12.7. The lowest BCUT2D eigenvalue weighted by molar-refractivity contribution is -0.160. The van der Waals surface area contributed by atoms with Crippen LogP contribution < -0.4 is 10.2 Å². The molecule has 2 N–H and O–H groups in total. The van der Waals surface area contributed by atoms with Crippen molar-refractivity contribution in [3.63, 3.8) is 0 Å². The highest BCUT2D eigenvalue weighted by molar-refractivity contribution is 8.02. The lowest BCUT2D eigenvalue weighted by Gasteiger charge is -2.31. The molecular formula is C15H13F3N2O4S. The standard InChI is InChI=1S/C15H13F3N2O4S/c16-15(17,18)7-8(12(22)23)19-13(24)14-6-5-11(21)20(14)9-3-1-2-4-10(9)25-14/h1-4,8H,5-7H2,(H,19,24)(H,22,23). The molecule has 0 aliphatic carbocycles. The molecule has 25 heavy (non-hydrogen) atoms. The molecule has 2 atom stereocenters. The van der Waals surface area contributed by atoms with E-state index in [-0.39, 0.29) is 18.7 Å². The van der Waals surface area contributed by atoms with E-state index in [1.165, 1.54) is 4.90 Å². The van der Waals surface area contributed by atoms with Gasteiger partial charge in [-0.25, -0.2) is 4.79 Å². The first-order chi connectivity index (χ1) is 11.6. The van der Waals surface area contributed by atoms with Crippen LogP contribution in [0.1, 0.15) is 19.3 Å². The zero-order chi connectivity index (χ0) is 18.4. The summed E-state index contributed by atoms with van der Waals surface area (Å²) in [5.74, 6) is -3.01. The monoisotopic (exact) mass is 374 g/mol. The summed E-state index contributed by atoms with van der Waals surface area (Å²) in [5.41, 5.74) is 0.507. The van der Waals surface area contributed by atoms with E-state index in [0.717, 1.165) is 11.8 Å². The number of halogens is 3. The minimum Gasteiger partial charge on any atom is -0.480 e. The molecule has 1 saturated heterocycles. The number of rotatable bonds is 4. The fraction of sp³-hybridized carbons (Fsp3) is 0.400. The molecule has 0 aromatic heterocycles. The summed E-state index contributed by atoms with van der Waals surface area (Å²) in [6.45, 7) is 0. The Morgan fingerprint density at radius 1 is 1.36 bits per heavy atom. The molecule has 1 aromatic carbocycles. The van der Waals surface area contributed by atoms with Gasteiger partial charge in [0.2, 0.25) is 5.91 Å². The highest BCUT2D eigenvalue weighted by Gasteiger charge is 2.58. The molecular weight excluding hydrogens is 361 g/mol. The molecule has 0 radical (unpaired) electrons. The number of anilines is 1. The highest BCUT2D eigenvalue weighted by Crippen LogP contribution is 2.55. The topological polar surface area (TPSA) is 86.7 Å². The zero-order valence-corrected chi connectivity index (χ0v) is 13.5. The van der Waals surface area contributed by atoms with E-state index in [0.29, 0.717) is 10.6 Å². The Hall–Kier alpha value is -2.23. The highest BCUT2D eigenvalue weighted by atomic mass is 32.2. The van der Waals surface area contributed by atoms with E-state index in [2.05, 4.69) is 0 Å². The Balaban J connectivity index is 1.88. The van der Waals surface area contributed by atoms with Crippen molar-refractivity contribution in [2.45, 2.75) is 41.2 Å². The Morgan fingerprint density at radius 3 is 2.68 bits per heavy atom. The van der Waals surface area contributed by atoms with Crippen LogP contribution in [0.25, 0.3) is 0 Å². The van der Waals surface area contributed by atoms with Gasteiger partial charge in [0.15, 0.2) is 4.87 Å². The van der Waals surface area contributed by atoms with Gasteiger partial charge in [-0.2, -0.15) is 13.2 Å². The van der Waals surface area contributed by atoms with Gasteiger partial charge in [0.05, 0.1) is 12.1 Å². The predicted molar refractivity (Wildman–Crippen MR) is 82.0 cm³/mol. The first kappa shape index (κ1) is 17.6. The van der Waals surface area contributed by atoms with Gasteiger partial charge < -0.3 is 10.4 Å². The van der Waals surface area contributed by atoms with Gasteiger partial charge in [-0.1, -0.05) is 23.9 Å². The molecule has 6 nitrogen and oxygen atoms in total. The van der Waals surface area contributed by atoms with Crippen molar-refractivity contribution in [1.82, 2.24) is 5.32 Å². The van der Waals surface area contributed by atoms with Crippen molar-refractivity contribution >= 4 is 35.2 Å². The largest absolute Gasteiger partial charge is 0.480 e. The van der Waals surface area contributed by atoms with Crippen LogP contribution in [0.2, 0.25) is 0 Å². The van der Waals surface area contributed by atoms with E-state index in [1.807, 2.05) is 5.32 Å². The maximum absolute atomic E-state index is 12.7. The number of nitrogens with zero attached hydrogens (tertiary/aromatic N) is 1. The van der Waals surface area contributed by atoms with Crippen molar-refractivity contribution in [3.05, 3.63) is 24.3 Å².